The Morgan fingerprint density at radius 3 is 2.59 bits per heavy atom. The van der Waals surface area contributed by atoms with Gasteiger partial charge in [0.15, 0.2) is 0 Å². The van der Waals surface area contributed by atoms with Gasteiger partial charge in [-0.15, -0.1) is 0 Å². The number of benzene rings is 1. The number of ketones is 1. The van der Waals surface area contributed by atoms with Crippen molar-refractivity contribution in [2.45, 2.75) is 12.8 Å². The summed E-state index contributed by atoms with van der Waals surface area (Å²) in [5, 5.41) is 0.600. The summed E-state index contributed by atoms with van der Waals surface area (Å²) in [7, 11) is 0. The second-order valence-electron chi connectivity index (χ2n) is 4.60. The summed E-state index contributed by atoms with van der Waals surface area (Å²) in [5.41, 5.74) is 0. The third-order valence-electron chi connectivity index (χ3n) is 3.57. The lowest BCUT2D eigenvalue weighted by atomic mass is 10.1. The minimum absolute atomic E-state index is 0.0604. The van der Waals surface area contributed by atoms with Crippen molar-refractivity contribution in [3.05, 3.63) is 29.3 Å². The molecule has 0 saturated heterocycles. The standard InChI is InChI=1S/C13H11ClO3/c14-7-1-3-8(4-2-7)17-13(16)12-9-5-6-10(15)11(9)12/h1-4,9,11-12H,5-6H2. The first-order valence-corrected chi connectivity index (χ1v) is 6.04. The summed E-state index contributed by atoms with van der Waals surface area (Å²) in [6.45, 7) is 0. The second-order valence-corrected chi connectivity index (χ2v) is 5.03. The smallest absolute Gasteiger partial charge is 0.315 e. The first-order chi connectivity index (χ1) is 8.16. The van der Waals surface area contributed by atoms with Crippen LogP contribution in [-0.4, -0.2) is 11.8 Å². The van der Waals surface area contributed by atoms with Crippen LogP contribution in [0.3, 0.4) is 0 Å². The molecule has 4 heteroatoms. The van der Waals surface area contributed by atoms with Crippen LogP contribution in [0.1, 0.15) is 12.8 Å². The Kier molecular flexibility index (Phi) is 2.44. The Labute approximate surface area is 104 Å². The van der Waals surface area contributed by atoms with Crippen molar-refractivity contribution < 1.29 is 14.3 Å². The van der Waals surface area contributed by atoms with Crippen LogP contribution in [0.15, 0.2) is 24.3 Å². The normalized spacial score (nSPS) is 29.9. The average molecular weight is 251 g/mol. The maximum atomic E-state index is 11.8. The van der Waals surface area contributed by atoms with Crippen molar-refractivity contribution in [2.24, 2.45) is 17.8 Å². The van der Waals surface area contributed by atoms with Crippen LogP contribution in [0.4, 0.5) is 0 Å². The molecule has 2 aliphatic carbocycles. The Hall–Kier alpha value is -1.35. The van der Waals surface area contributed by atoms with Crippen molar-refractivity contribution in [1.82, 2.24) is 0 Å². The molecule has 0 N–H and O–H groups in total. The molecule has 0 aliphatic heterocycles. The molecule has 2 fully saturated rings. The number of rotatable bonds is 2. The molecule has 3 rings (SSSR count). The second kappa shape index (κ2) is 3.84. The fourth-order valence-electron chi connectivity index (χ4n) is 2.66. The molecule has 3 unspecified atom stereocenters. The van der Waals surface area contributed by atoms with Gasteiger partial charge in [-0.05, 0) is 36.6 Å². The minimum Gasteiger partial charge on any atom is -0.426 e. The largest absolute Gasteiger partial charge is 0.426 e. The van der Waals surface area contributed by atoms with Gasteiger partial charge in [-0.1, -0.05) is 11.6 Å². The highest BCUT2D eigenvalue weighted by atomic mass is 35.5. The van der Waals surface area contributed by atoms with Crippen LogP contribution >= 0.6 is 11.6 Å². The van der Waals surface area contributed by atoms with E-state index in [1.807, 2.05) is 0 Å². The Bertz CT molecular complexity index is 480. The fraction of sp³-hybridized carbons (Fsp3) is 0.385. The number of Topliss-reactive ketones (excluding diaryl/α,β-unsaturated/α-hetero) is 1. The summed E-state index contributed by atoms with van der Waals surface area (Å²) in [6.07, 6.45) is 1.46. The van der Waals surface area contributed by atoms with E-state index < -0.39 is 0 Å². The molecule has 3 nitrogen and oxygen atoms in total. The predicted molar refractivity (Wildman–Crippen MR) is 61.8 cm³/mol. The quantitative estimate of drug-likeness (QED) is 0.598. The summed E-state index contributed by atoms with van der Waals surface area (Å²) >= 11 is 5.73. The van der Waals surface area contributed by atoms with Crippen LogP contribution in [0.2, 0.25) is 5.02 Å². The van der Waals surface area contributed by atoms with Crippen LogP contribution in [0.5, 0.6) is 5.75 Å². The highest BCUT2D eigenvalue weighted by Gasteiger charge is 2.62. The number of carbonyl (C=O) groups is 2. The van der Waals surface area contributed by atoms with Gasteiger partial charge in [-0.3, -0.25) is 9.59 Å². The van der Waals surface area contributed by atoms with Gasteiger partial charge < -0.3 is 4.74 Å². The van der Waals surface area contributed by atoms with Crippen molar-refractivity contribution in [1.29, 1.82) is 0 Å². The van der Waals surface area contributed by atoms with Gasteiger partial charge in [0.2, 0.25) is 0 Å². The van der Waals surface area contributed by atoms with E-state index in [0.29, 0.717) is 17.2 Å². The van der Waals surface area contributed by atoms with Gasteiger partial charge in [0.1, 0.15) is 11.5 Å². The Morgan fingerprint density at radius 1 is 1.29 bits per heavy atom. The van der Waals surface area contributed by atoms with Gasteiger partial charge in [0.25, 0.3) is 0 Å². The lowest BCUT2D eigenvalue weighted by Gasteiger charge is -2.05. The molecule has 0 spiro atoms. The van der Waals surface area contributed by atoms with E-state index in [-0.39, 0.29) is 29.5 Å². The number of halogens is 1. The van der Waals surface area contributed by atoms with E-state index in [2.05, 4.69) is 0 Å². The fourth-order valence-corrected chi connectivity index (χ4v) is 2.78. The van der Waals surface area contributed by atoms with E-state index in [1.165, 1.54) is 0 Å². The zero-order valence-corrected chi connectivity index (χ0v) is 9.81. The molecule has 1 aromatic rings. The Morgan fingerprint density at radius 2 is 2.00 bits per heavy atom. The number of hydrogen-bond acceptors (Lipinski definition) is 3. The van der Waals surface area contributed by atoms with Gasteiger partial charge in [-0.25, -0.2) is 0 Å². The summed E-state index contributed by atoms with van der Waals surface area (Å²) in [5.74, 6) is 0.393. The van der Waals surface area contributed by atoms with Gasteiger partial charge in [0.05, 0.1) is 5.92 Å². The third-order valence-corrected chi connectivity index (χ3v) is 3.82. The molecule has 0 aromatic heterocycles. The zero-order valence-electron chi connectivity index (χ0n) is 9.06. The van der Waals surface area contributed by atoms with Crippen LogP contribution in [0, 0.1) is 17.8 Å². The van der Waals surface area contributed by atoms with Crippen molar-refractivity contribution in [2.75, 3.05) is 0 Å². The van der Waals surface area contributed by atoms with Gasteiger partial charge in [-0.2, -0.15) is 0 Å². The zero-order chi connectivity index (χ0) is 12.0. The lowest BCUT2D eigenvalue weighted by molar-refractivity contribution is -0.138. The molecule has 0 radical (unpaired) electrons. The van der Waals surface area contributed by atoms with Crippen molar-refractivity contribution >= 4 is 23.4 Å². The van der Waals surface area contributed by atoms with Gasteiger partial charge in [0, 0.05) is 17.4 Å². The average Bonchev–Trinajstić information content (AvgIpc) is 2.93. The molecule has 0 heterocycles. The monoisotopic (exact) mass is 250 g/mol. The van der Waals surface area contributed by atoms with Crippen LogP contribution in [-0.2, 0) is 9.59 Å². The third kappa shape index (κ3) is 1.84. The molecule has 2 saturated carbocycles. The molecule has 0 bridgehead atoms. The van der Waals surface area contributed by atoms with E-state index in [9.17, 15) is 9.59 Å². The number of carbonyl (C=O) groups excluding carboxylic acids is 2. The number of hydrogen-bond donors (Lipinski definition) is 0. The summed E-state index contributed by atoms with van der Waals surface area (Å²) < 4.78 is 5.23. The molecule has 1 aromatic carbocycles. The molecule has 17 heavy (non-hydrogen) atoms. The molecular weight excluding hydrogens is 240 g/mol. The predicted octanol–water partition coefficient (Wildman–Crippen LogP) is 2.47. The number of esters is 1. The van der Waals surface area contributed by atoms with Crippen LogP contribution < -0.4 is 4.74 Å². The molecule has 88 valence electrons. The summed E-state index contributed by atoms with van der Waals surface area (Å²) in [4.78, 5) is 23.2. The van der Waals surface area contributed by atoms with E-state index >= 15 is 0 Å². The first-order valence-electron chi connectivity index (χ1n) is 5.67. The number of fused-ring (bicyclic) bond motifs is 1. The molecular formula is C13H11ClO3. The highest BCUT2D eigenvalue weighted by Crippen LogP contribution is 2.55. The van der Waals surface area contributed by atoms with E-state index in [0.717, 1.165) is 6.42 Å². The molecule has 2 aliphatic rings. The number of ether oxygens (including phenoxy) is 1. The Balaban J connectivity index is 1.65. The molecule has 3 atom stereocenters. The first kappa shape index (κ1) is 10.8. The van der Waals surface area contributed by atoms with Crippen molar-refractivity contribution in [3.8, 4) is 5.75 Å². The highest BCUT2D eigenvalue weighted by molar-refractivity contribution is 6.30. The topological polar surface area (TPSA) is 43.4 Å². The maximum Gasteiger partial charge on any atom is 0.315 e. The SMILES string of the molecule is O=C1CCC2C1C2C(=O)Oc1ccc(Cl)cc1. The van der Waals surface area contributed by atoms with Crippen LogP contribution in [0.25, 0.3) is 0 Å². The maximum absolute atomic E-state index is 11.8. The summed E-state index contributed by atoms with van der Waals surface area (Å²) in [6, 6.07) is 6.65. The lowest BCUT2D eigenvalue weighted by Crippen LogP contribution is -2.15. The molecule has 0 amide bonds. The van der Waals surface area contributed by atoms with E-state index in [1.54, 1.807) is 24.3 Å². The van der Waals surface area contributed by atoms with Gasteiger partial charge >= 0.3 is 5.97 Å². The minimum atomic E-state index is -0.282. The van der Waals surface area contributed by atoms with Crippen molar-refractivity contribution in [3.63, 3.8) is 0 Å². The van der Waals surface area contributed by atoms with E-state index in [4.69, 9.17) is 16.3 Å².